The lowest BCUT2D eigenvalue weighted by Crippen LogP contribution is -2.38. The maximum atomic E-state index is 15.0. The molecule has 2 unspecified atom stereocenters. The van der Waals surface area contributed by atoms with Gasteiger partial charge in [0, 0.05) is 23.5 Å². The summed E-state index contributed by atoms with van der Waals surface area (Å²) >= 11 is 1.38. The summed E-state index contributed by atoms with van der Waals surface area (Å²) in [5.41, 5.74) is 3.89. The number of anilines is 1. The lowest BCUT2D eigenvalue weighted by molar-refractivity contribution is -0.274. The van der Waals surface area contributed by atoms with Crippen LogP contribution in [0, 0.1) is 13.8 Å². The Kier molecular flexibility index (Phi) is 9.18. The topological polar surface area (TPSA) is 84.6 Å². The Morgan fingerprint density at radius 3 is 2.36 bits per heavy atom. The first-order valence-corrected chi connectivity index (χ1v) is 14.5. The van der Waals surface area contributed by atoms with Gasteiger partial charge in [0.25, 0.3) is 0 Å². The largest absolute Gasteiger partial charge is 0.573 e. The first-order valence-electron chi connectivity index (χ1n) is 13.5. The Morgan fingerprint density at radius 1 is 1.02 bits per heavy atom. The molecule has 0 radical (unpaired) electrons. The molecule has 14 heteroatoms. The number of nitrogens with zero attached hydrogens (tertiary/aromatic N) is 5. The Balaban J connectivity index is 1.22. The summed E-state index contributed by atoms with van der Waals surface area (Å²) in [6.45, 7) is 4.59. The fraction of sp³-hybridized carbons (Fsp3) is 0.267. The summed E-state index contributed by atoms with van der Waals surface area (Å²) < 4.78 is 72.3. The van der Waals surface area contributed by atoms with Gasteiger partial charge in [-0.05, 0) is 61.2 Å². The molecule has 2 heterocycles. The van der Waals surface area contributed by atoms with Crippen molar-refractivity contribution in [3.05, 3.63) is 89.7 Å². The second-order valence-corrected chi connectivity index (χ2v) is 11.0. The molecule has 5 rings (SSSR count). The SMILES string of the molecule is Cc1cccc(C)c1N1CCCSC1=NC(=O)NC(F)C(F)c1ccc(-c2ncn(-c3ccc(OC(F)(F)F)cc3)n2)cc1. The number of amidine groups is 1. The van der Waals surface area contributed by atoms with Crippen LogP contribution >= 0.6 is 11.8 Å². The van der Waals surface area contributed by atoms with Crippen molar-refractivity contribution in [2.24, 2.45) is 4.99 Å². The molecule has 8 nitrogen and oxygen atoms in total. The number of halogens is 5. The summed E-state index contributed by atoms with van der Waals surface area (Å²) in [6, 6.07) is 15.7. The number of aliphatic imine (C=N–C) groups is 1. The van der Waals surface area contributed by atoms with Crippen LogP contribution in [0.1, 0.15) is 29.3 Å². The molecule has 1 saturated heterocycles. The van der Waals surface area contributed by atoms with Gasteiger partial charge >= 0.3 is 12.4 Å². The highest BCUT2D eigenvalue weighted by Crippen LogP contribution is 2.31. The third-order valence-electron chi connectivity index (χ3n) is 6.73. The van der Waals surface area contributed by atoms with Gasteiger partial charge in [-0.2, -0.15) is 4.99 Å². The third kappa shape index (κ3) is 7.36. The lowest BCUT2D eigenvalue weighted by Gasteiger charge is -2.32. The van der Waals surface area contributed by atoms with Gasteiger partial charge in [-0.1, -0.05) is 54.2 Å². The molecule has 0 aliphatic carbocycles. The van der Waals surface area contributed by atoms with Crippen molar-refractivity contribution in [3.8, 4) is 22.8 Å². The summed E-state index contributed by atoms with van der Waals surface area (Å²) in [5, 5.41) is 6.73. The molecule has 1 fully saturated rings. The summed E-state index contributed by atoms with van der Waals surface area (Å²) in [4.78, 5) is 22.8. The number of aryl methyl sites for hydroxylation is 2. The number of rotatable bonds is 7. The highest BCUT2D eigenvalue weighted by molar-refractivity contribution is 8.14. The quantitative estimate of drug-likeness (QED) is 0.169. The number of amides is 2. The van der Waals surface area contributed by atoms with Gasteiger partial charge < -0.3 is 15.0 Å². The smallest absolute Gasteiger partial charge is 0.406 e. The number of para-hydroxylation sites is 1. The maximum absolute atomic E-state index is 15.0. The first-order chi connectivity index (χ1) is 21.0. The van der Waals surface area contributed by atoms with Crippen molar-refractivity contribution in [3.63, 3.8) is 0 Å². The van der Waals surface area contributed by atoms with Crippen molar-refractivity contribution in [2.75, 3.05) is 17.2 Å². The average Bonchev–Trinajstić information content (AvgIpc) is 3.47. The van der Waals surface area contributed by atoms with Crippen LogP contribution in [0.3, 0.4) is 0 Å². The molecule has 0 bridgehead atoms. The fourth-order valence-electron chi connectivity index (χ4n) is 4.71. The molecular formula is C30H27F5N6O2S. The van der Waals surface area contributed by atoms with E-state index in [2.05, 4.69) is 19.8 Å². The normalized spacial score (nSPS) is 16.1. The van der Waals surface area contributed by atoms with Crippen molar-refractivity contribution >= 4 is 28.6 Å². The second-order valence-electron chi connectivity index (χ2n) is 9.92. The van der Waals surface area contributed by atoms with Crippen LogP contribution in [0.2, 0.25) is 0 Å². The van der Waals surface area contributed by atoms with Crippen molar-refractivity contribution in [1.82, 2.24) is 20.1 Å². The monoisotopic (exact) mass is 630 g/mol. The molecular weight excluding hydrogens is 603 g/mol. The van der Waals surface area contributed by atoms with Crippen LogP contribution in [0.4, 0.5) is 32.4 Å². The molecule has 1 aliphatic heterocycles. The zero-order chi connectivity index (χ0) is 31.4. The standard InChI is InChI=1S/C30H27F5N6O2S/c1-18-5-3-6-19(2)25(18)40-15-4-16-44-29(40)38-28(42)37-26(32)24(31)20-7-9-21(10-8-20)27-36-17-41(39-27)22-11-13-23(14-12-22)43-30(33,34)35/h3,5-14,17,24,26H,4,15-16H2,1-2H3,(H,37,42). The number of alkyl halides is 5. The Labute approximate surface area is 254 Å². The van der Waals surface area contributed by atoms with Gasteiger partial charge in [-0.15, -0.1) is 18.3 Å². The van der Waals surface area contributed by atoms with Crippen molar-refractivity contribution < 1.29 is 31.5 Å². The molecule has 0 spiro atoms. The molecule has 0 saturated carbocycles. The number of ether oxygens (including phenoxy) is 1. The Bertz CT molecular complexity index is 1620. The van der Waals surface area contributed by atoms with Gasteiger partial charge in [0.2, 0.25) is 6.30 Å². The van der Waals surface area contributed by atoms with E-state index < -0.39 is 24.9 Å². The number of hydrogen-bond acceptors (Lipinski definition) is 5. The summed E-state index contributed by atoms with van der Waals surface area (Å²) in [6.07, 6.45) is -7.06. The Hall–Kier alpha value is -4.46. The minimum absolute atomic E-state index is 0.0157. The zero-order valence-electron chi connectivity index (χ0n) is 23.6. The van der Waals surface area contributed by atoms with Crippen LogP contribution in [-0.2, 0) is 0 Å². The van der Waals surface area contributed by atoms with E-state index in [1.807, 2.05) is 42.3 Å². The number of thioether (sulfide) groups is 1. The van der Waals surface area contributed by atoms with Crippen LogP contribution < -0.4 is 15.0 Å². The lowest BCUT2D eigenvalue weighted by atomic mass is 10.1. The number of carbonyl (C=O) groups is 1. The van der Waals surface area contributed by atoms with Crippen molar-refractivity contribution in [2.45, 2.75) is 39.1 Å². The molecule has 1 aromatic heterocycles. The number of hydrogen-bond donors (Lipinski definition) is 1. The average molecular weight is 631 g/mol. The van der Waals surface area contributed by atoms with E-state index in [-0.39, 0.29) is 17.1 Å². The van der Waals surface area contributed by atoms with E-state index in [1.54, 1.807) is 0 Å². The van der Waals surface area contributed by atoms with Crippen LogP contribution in [0.15, 0.2) is 78.0 Å². The number of urea groups is 1. The Morgan fingerprint density at radius 2 is 1.70 bits per heavy atom. The van der Waals surface area contributed by atoms with Crippen LogP contribution in [-0.4, -0.2) is 50.9 Å². The van der Waals surface area contributed by atoms with Gasteiger partial charge in [0.1, 0.15) is 12.1 Å². The first kappa shape index (κ1) is 31.0. The van der Waals surface area contributed by atoms with Gasteiger partial charge in [0.15, 0.2) is 17.2 Å². The van der Waals surface area contributed by atoms with E-state index in [9.17, 15) is 22.4 Å². The summed E-state index contributed by atoms with van der Waals surface area (Å²) in [5.74, 6) is 0.628. The molecule has 44 heavy (non-hydrogen) atoms. The summed E-state index contributed by atoms with van der Waals surface area (Å²) in [7, 11) is 0. The number of carbonyl (C=O) groups excluding carboxylic acids is 1. The molecule has 230 valence electrons. The van der Waals surface area contributed by atoms with E-state index in [4.69, 9.17) is 0 Å². The van der Waals surface area contributed by atoms with E-state index >= 15 is 4.39 Å². The van der Waals surface area contributed by atoms with Gasteiger partial charge in [0.05, 0.1) is 5.69 Å². The number of aromatic nitrogens is 3. The van der Waals surface area contributed by atoms with Gasteiger partial charge in [-0.25, -0.2) is 23.2 Å². The fourth-order valence-corrected chi connectivity index (χ4v) is 5.65. The van der Waals surface area contributed by atoms with Crippen molar-refractivity contribution in [1.29, 1.82) is 0 Å². The maximum Gasteiger partial charge on any atom is 0.573 e. The second kappa shape index (κ2) is 13.0. The van der Waals surface area contributed by atoms with E-state index in [1.165, 1.54) is 59.2 Å². The molecule has 3 aromatic carbocycles. The highest BCUT2D eigenvalue weighted by Gasteiger charge is 2.31. The molecule has 1 N–H and O–H groups in total. The third-order valence-corrected chi connectivity index (χ3v) is 7.79. The molecule has 1 aliphatic rings. The minimum atomic E-state index is -4.80. The van der Waals surface area contributed by atoms with Crippen LogP contribution in [0.25, 0.3) is 17.1 Å². The van der Waals surface area contributed by atoms with Crippen LogP contribution in [0.5, 0.6) is 5.75 Å². The number of benzene rings is 3. The van der Waals surface area contributed by atoms with E-state index in [0.717, 1.165) is 41.1 Å². The predicted molar refractivity (Wildman–Crippen MR) is 159 cm³/mol. The highest BCUT2D eigenvalue weighted by atomic mass is 32.2. The minimum Gasteiger partial charge on any atom is -0.406 e. The zero-order valence-corrected chi connectivity index (χ0v) is 24.4. The van der Waals surface area contributed by atoms with E-state index in [0.29, 0.717) is 23.0 Å². The van der Waals surface area contributed by atoms with Gasteiger partial charge in [-0.3, -0.25) is 0 Å². The molecule has 2 amide bonds. The molecule has 4 aromatic rings. The number of nitrogens with one attached hydrogen (secondary N) is 1. The predicted octanol–water partition coefficient (Wildman–Crippen LogP) is 7.47. The molecule has 2 atom stereocenters.